The summed E-state index contributed by atoms with van der Waals surface area (Å²) in [4.78, 5) is 0. The van der Waals surface area contributed by atoms with Crippen molar-refractivity contribution in [2.45, 2.75) is 30.2 Å². The first kappa shape index (κ1) is 11.8. The van der Waals surface area contributed by atoms with Crippen LogP contribution in [0.1, 0.15) is 0 Å². The number of hydrogen-bond donors (Lipinski definition) is 6. The molecule has 0 aromatic rings. The Labute approximate surface area is 79.8 Å². The highest BCUT2D eigenvalue weighted by molar-refractivity contribution is 4.95. The van der Waals surface area contributed by atoms with Crippen LogP contribution in [0.15, 0.2) is 0 Å². The second-order valence-corrected chi connectivity index (χ2v) is 3.27. The molecular formula is C7H14O7. The van der Waals surface area contributed by atoms with Gasteiger partial charge < -0.3 is 35.4 Å². The molecule has 6 N–H and O–H groups in total. The van der Waals surface area contributed by atoms with E-state index in [-0.39, 0.29) is 0 Å². The van der Waals surface area contributed by atoms with E-state index in [1.165, 1.54) is 0 Å². The van der Waals surface area contributed by atoms with Gasteiger partial charge in [0.25, 0.3) is 0 Å². The summed E-state index contributed by atoms with van der Waals surface area (Å²) in [5.74, 6) is -2.36. The predicted molar refractivity (Wildman–Crippen MR) is 42.0 cm³/mol. The van der Waals surface area contributed by atoms with Crippen LogP contribution in [0.25, 0.3) is 0 Å². The van der Waals surface area contributed by atoms with Crippen LogP contribution in [0, 0.1) is 0 Å². The van der Waals surface area contributed by atoms with Crippen molar-refractivity contribution in [2.75, 3.05) is 13.2 Å². The molecule has 84 valence electrons. The number of hydrogen-bond acceptors (Lipinski definition) is 7. The van der Waals surface area contributed by atoms with Crippen LogP contribution in [0.2, 0.25) is 0 Å². The van der Waals surface area contributed by atoms with Crippen LogP contribution in [0.3, 0.4) is 0 Å². The van der Waals surface area contributed by atoms with Crippen molar-refractivity contribution >= 4 is 0 Å². The van der Waals surface area contributed by atoms with Gasteiger partial charge in [-0.25, -0.2) is 0 Å². The molecule has 0 aromatic carbocycles. The molecule has 0 unspecified atom stereocenters. The summed E-state index contributed by atoms with van der Waals surface area (Å²) in [7, 11) is 0. The van der Waals surface area contributed by atoms with Gasteiger partial charge in [-0.15, -0.1) is 0 Å². The van der Waals surface area contributed by atoms with Crippen LogP contribution >= 0.6 is 0 Å². The Hall–Kier alpha value is -0.280. The lowest BCUT2D eigenvalue weighted by Crippen LogP contribution is -2.66. The molecule has 14 heavy (non-hydrogen) atoms. The highest BCUT2D eigenvalue weighted by atomic mass is 16.7. The average molecular weight is 210 g/mol. The third kappa shape index (κ3) is 1.75. The van der Waals surface area contributed by atoms with Gasteiger partial charge in [-0.3, -0.25) is 0 Å². The molecule has 0 radical (unpaired) electrons. The van der Waals surface area contributed by atoms with Gasteiger partial charge in [-0.1, -0.05) is 0 Å². The maximum Gasteiger partial charge on any atom is 0.219 e. The average Bonchev–Trinajstić information content (AvgIpc) is 2.20. The Bertz CT molecular complexity index is 196. The number of ether oxygens (including phenoxy) is 1. The first-order chi connectivity index (χ1) is 6.46. The SMILES string of the molecule is OC[C@H]1O[C@](O)(CO)[C@@H](O)[C@H](O)[C@@H]1O. The summed E-state index contributed by atoms with van der Waals surface area (Å²) in [5, 5.41) is 54.6. The summed E-state index contributed by atoms with van der Waals surface area (Å²) in [6, 6.07) is 0. The van der Waals surface area contributed by atoms with Crippen molar-refractivity contribution in [3.8, 4) is 0 Å². The Morgan fingerprint density at radius 3 is 2.07 bits per heavy atom. The third-order valence-corrected chi connectivity index (χ3v) is 2.28. The Balaban J connectivity index is 2.84. The number of aliphatic hydroxyl groups excluding tert-OH is 5. The molecule has 0 saturated carbocycles. The second-order valence-electron chi connectivity index (χ2n) is 3.27. The fraction of sp³-hybridized carbons (Fsp3) is 1.00. The lowest BCUT2D eigenvalue weighted by atomic mass is 9.93. The molecule has 0 aromatic heterocycles. The van der Waals surface area contributed by atoms with Gasteiger partial charge in [0.05, 0.1) is 13.2 Å². The molecule has 5 atom stereocenters. The fourth-order valence-electron chi connectivity index (χ4n) is 1.35. The van der Waals surface area contributed by atoms with Gasteiger partial charge in [0.15, 0.2) is 0 Å². The molecule has 7 nitrogen and oxygen atoms in total. The molecular weight excluding hydrogens is 196 g/mol. The van der Waals surface area contributed by atoms with Gasteiger partial charge in [0, 0.05) is 0 Å². The molecule has 0 bridgehead atoms. The number of aliphatic hydroxyl groups is 6. The van der Waals surface area contributed by atoms with E-state index in [0.29, 0.717) is 0 Å². The van der Waals surface area contributed by atoms with Gasteiger partial charge in [-0.2, -0.15) is 0 Å². The van der Waals surface area contributed by atoms with Crippen LogP contribution < -0.4 is 0 Å². The third-order valence-electron chi connectivity index (χ3n) is 2.28. The van der Waals surface area contributed by atoms with E-state index >= 15 is 0 Å². The van der Waals surface area contributed by atoms with Crippen LogP contribution in [0.4, 0.5) is 0 Å². The molecule has 0 aliphatic carbocycles. The Morgan fingerprint density at radius 1 is 1.07 bits per heavy atom. The van der Waals surface area contributed by atoms with E-state index in [9.17, 15) is 20.4 Å². The molecule has 7 heteroatoms. The number of rotatable bonds is 2. The van der Waals surface area contributed by atoms with Gasteiger partial charge >= 0.3 is 0 Å². The standard InChI is InChI=1S/C7H14O7/c8-1-3-4(10)5(11)6(12)7(13,2-9)14-3/h3-6,8-13H,1-2H2/t3-,4-,5-,6+,7-/m1/s1. The van der Waals surface area contributed by atoms with Crippen molar-refractivity contribution in [1.29, 1.82) is 0 Å². The lowest BCUT2D eigenvalue weighted by Gasteiger charge is -2.44. The van der Waals surface area contributed by atoms with E-state index in [4.69, 9.17) is 10.2 Å². The van der Waals surface area contributed by atoms with Crippen LogP contribution in [-0.4, -0.2) is 74.1 Å². The topological polar surface area (TPSA) is 131 Å². The second kappa shape index (κ2) is 4.07. The van der Waals surface area contributed by atoms with Crippen molar-refractivity contribution in [1.82, 2.24) is 0 Å². The predicted octanol–water partition coefficient (Wildman–Crippen LogP) is -3.86. The normalized spacial score (nSPS) is 49.3. The first-order valence-corrected chi connectivity index (χ1v) is 4.12. The zero-order valence-electron chi connectivity index (χ0n) is 7.32. The zero-order valence-corrected chi connectivity index (χ0v) is 7.32. The lowest BCUT2D eigenvalue weighted by molar-refractivity contribution is -0.357. The van der Waals surface area contributed by atoms with Crippen molar-refractivity contribution < 1.29 is 35.4 Å². The summed E-state index contributed by atoms with van der Waals surface area (Å²) in [6.07, 6.45) is -6.27. The molecule has 1 aliphatic heterocycles. The smallest absolute Gasteiger partial charge is 0.219 e. The Kier molecular flexibility index (Phi) is 3.43. The summed E-state index contributed by atoms with van der Waals surface area (Å²) in [6.45, 7) is -1.60. The van der Waals surface area contributed by atoms with Gasteiger partial charge in [0.1, 0.15) is 24.4 Å². The van der Waals surface area contributed by atoms with Crippen LogP contribution in [-0.2, 0) is 4.74 Å². The fourth-order valence-corrected chi connectivity index (χ4v) is 1.35. The quantitative estimate of drug-likeness (QED) is 0.275. The van der Waals surface area contributed by atoms with E-state index < -0.39 is 43.4 Å². The highest BCUT2D eigenvalue weighted by Gasteiger charge is 2.52. The molecule has 1 saturated heterocycles. The minimum Gasteiger partial charge on any atom is -0.394 e. The minimum atomic E-state index is -2.36. The van der Waals surface area contributed by atoms with Gasteiger partial charge in [-0.05, 0) is 0 Å². The van der Waals surface area contributed by atoms with E-state index in [1.807, 2.05) is 0 Å². The molecule has 1 aliphatic rings. The molecule has 1 fully saturated rings. The molecule has 1 rings (SSSR count). The maximum atomic E-state index is 9.43. The summed E-state index contributed by atoms with van der Waals surface area (Å²) >= 11 is 0. The van der Waals surface area contributed by atoms with Crippen molar-refractivity contribution in [3.05, 3.63) is 0 Å². The van der Waals surface area contributed by atoms with E-state index in [1.54, 1.807) is 0 Å². The van der Waals surface area contributed by atoms with E-state index in [2.05, 4.69) is 4.74 Å². The zero-order chi connectivity index (χ0) is 10.9. The summed E-state index contributed by atoms with van der Waals surface area (Å²) in [5.41, 5.74) is 0. The summed E-state index contributed by atoms with van der Waals surface area (Å²) < 4.78 is 4.66. The van der Waals surface area contributed by atoms with E-state index in [0.717, 1.165) is 0 Å². The largest absolute Gasteiger partial charge is 0.394 e. The van der Waals surface area contributed by atoms with Crippen molar-refractivity contribution in [2.24, 2.45) is 0 Å². The first-order valence-electron chi connectivity index (χ1n) is 4.12. The molecule has 1 heterocycles. The highest BCUT2D eigenvalue weighted by Crippen LogP contribution is 2.27. The van der Waals surface area contributed by atoms with Crippen LogP contribution in [0.5, 0.6) is 0 Å². The Morgan fingerprint density at radius 2 is 1.64 bits per heavy atom. The van der Waals surface area contributed by atoms with Gasteiger partial charge in [0.2, 0.25) is 5.79 Å². The maximum absolute atomic E-state index is 9.43. The molecule has 0 spiro atoms. The molecule has 0 amide bonds. The minimum absolute atomic E-state index is 0.646. The monoisotopic (exact) mass is 210 g/mol. The van der Waals surface area contributed by atoms with Crippen molar-refractivity contribution in [3.63, 3.8) is 0 Å².